The van der Waals surface area contributed by atoms with E-state index in [1.54, 1.807) is 0 Å². The fraction of sp³-hybridized carbons (Fsp3) is 0.364. The number of benzene rings is 2. The van der Waals surface area contributed by atoms with Crippen LogP contribution in [-0.2, 0) is 0 Å². The molecule has 1 unspecified atom stereocenters. The highest BCUT2D eigenvalue weighted by Crippen LogP contribution is 2.14. The maximum atomic E-state index is 12.0. The third kappa shape index (κ3) is 7.52. The zero-order valence-electron chi connectivity index (χ0n) is 16.2. The van der Waals surface area contributed by atoms with Crippen molar-refractivity contribution < 1.29 is 4.79 Å². The number of carbonyl (C=O) groups is 1. The van der Waals surface area contributed by atoms with Crippen LogP contribution < -0.4 is 16.0 Å². The number of carbonyl (C=O) groups excluding carboxylic acids is 1. The van der Waals surface area contributed by atoms with Crippen LogP contribution in [0.3, 0.4) is 0 Å². The summed E-state index contributed by atoms with van der Waals surface area (Å²) in [6, 6.07) is 19.7. The summed E-state index contributed by atoms with van der Waals surface area (Å²) in [7, 11) is 0. The Balaban J connectivity index is 1.71. The van der Waals surface area contributed by atoms with Crippen molar-refractivity contribution in [3.63, 3.8) is 0 Å². The Hall–Kier alpha value is -2.82. The first-order chi connectivity index (χ1) is 13.2. The van der Waals surface area contributed by atoms with Crippen LogP contribution >= 0.6 is 0 Å². The molecular formula is C22H30N4O. The van der Waals surface area contributed by atoms with E-state index >= 15 is 0 Å². The molecule has 0 spiro atoms. The second kappa shape index (κ2) is 11.7. The van der Waals surface area contributed by atoms with Crippen molar-refractivity contribution in [1.29, 1.82) is 0 Å². The lowest BCUT2D eigenvalue weighted by molar-refractivity contribution is 0.0953. The minimum absolute atomic E-state index is 0.0344. The molecule has 0 heterocycles. The van der Waals surface area contributed by atoms with E-state index in [1.807, 2.05) is 36.4 Å². The van der Waals surface area contributed by atoms with Gasteiger partial charge < -0.3 is 16.0 Å². The van der Waals surface area contributed by atoms with Crippen molar-refractivity contribution in [3.8, 4) is 0 Å². The Labute approximate surface area is 162 Å². The van der Waals surface area contributed by atoms with Gasteiger partial charge in [0, 0.05) is 37.7 Å². The molecule has 5 heteroatoms. The van der Waals surface area contributed by atoms with E-state index in [0.717, 1.165) is 32.0 Å². The Morgan fingerprint density at radius 2 is 1.56 bits per heavy atom. The number of guanidine groups is 1. The molecule has 1 atom stereocenters. The molecule has 5 nitrogen and oxygen atoms in total. The zero-order valence-corrected chi connectivity index (χ0v) is 16.2. The first kappa shape index (κ1) is 20.5. The smallest absolute Gasteiger partial charge is 0.251 e. The number of nitrogens with zero attached hydrogens (tertiary/aromatic N) is 1. The van der Waals surface area contributed by atoms with Gasteiger partial charge in [-0.1, -0.05) is 55.5 Å². The van der Waals surface area contributed by atoms with Gasteiger partial charge in [0.1, 0.15) is 0 Å². The predicted octanol–water partition coefficient (Wildman–Crippen LogP) is 3.17. The number of nitrogens with one attached hydrogen (secondary N) is 3. The van der Waals surface area contributed by atoms with Crippen LogP contribution in [0, 0.1) is 0 Å². The van der Waals surface area contributed by atoms with Crippen molar-refractivity contribution in [2.75, 3.05) is 26.2 Å². The van der Waals surface area contributed by atoms with Crippen LogP contribution in [0.15, 0.2) is 65.7 Å². The lowest BCUT2D eigenvalue weighted by Crippen LogP contribution is -2.39. The van der Waals surface area contributed by atoms with Crippen molar-refractivity contribution in [1.82, 2.24) is 16.0 Å². The van der Waals surface area contributed by atoms with E-state index in [4.69, 9.17) is 0 Å². The molecule has 27 heavy (non-hydrogen) atoms. The highest BCUT2D eigenvalue weighted by Gasteiger charge is 2.05. The summed E-state index contributed by atoms with van der Waals surface area (Å²) in [5.74, 6) is 1.15. The Morgan fingerprint density at radius 1 is 0.926 bits per heavy atom. The predicted molar refractivity (Wildman–Crippen MR) is 112 cm³/mol. The van der Waals surface area contributed by atoms with Crippen molar-refractivity contribution >= 4 is 11.9 Å². The Morgan fingerprint density at radius 3 is 2.22 bits per heavy atom. The molecule has 1 amide bonds. The standard InChI is InChI=1S/C22H30N4O/c1-3-23-22(26-17-18(2)19-11-6-4-7-12-19)25-16-10-15-24-21(27)20-13-8-5-9-14-20/h4-9,11-14,18H,3,10,15-17H2,1-2H3,(H,24,27)(H2,23,25,26). The molecule has 144 valence electrons. The molecule has 0 saturated carbocycles. The average molecular weight is 367 g/mol. The van der Waals surface area contributed by atoms with Gasteiger partial charge in [-0.15, -0.1) is 0 Å². The van der Waals surface area contributed by atoms with Crippen LogP contribution in [0.4, 0.5) is 0 Å². The van der Waals surface area contributed by atoms with Crippen LogP contribution in [0.2, 0.25) is 0 Å². The van der Waals surface area contributed by atoms with E-state index in [2.05, 4.69) is 59.1 Å². The van der Waals surface area contributed by atoms with Gasteiger partial charge >= 0.3 is 0 Å². The van der Waals surface area contributed by atoms with Crippen molar-refractivity contribution in [2.24, 2.45) is 4.99 Å². The van der Waals surface area contributed by atoms with Gasteiger partial charge in [0.2, 0.25) is 0 Å². The maximum absolute atomic E-state index is 12.0. The molecule has 3 N–H and O–H groups in total. The summed E-state index contributed by atoms with van der Waals surface area (Å²) in [5.41, 5.74) is 1.98. The number of amides is 1. The fourth-order valence-corrected chi connectivity index (χ4v) is 2.65. The largest absolute Gasteiger partial charge is 0.357 e. The molecule has 2 aromatic carbocycles. The molecule has 0 saturated heterocycles. The third-order valence-corrected chi connectivity index (χ3v) is 4.20. The van der Waals surface area contributed by atoms with Crippen LogP contribution in [0.5, 0.6) is 0 Å². The minimum Gasteiger partial charge on any atom is -0.357 e. The van der Waals surface area contributed by atoms with Crippen molar-refractivity contribution in [2.45, 2.75) is 26.2 Å². The highest BCUT2D eigenvalue weighted by molar-refractivity contribution is 5.94. The topological polar surface area (TPSA) is 65.5 Å². The SMILES string of the molecule is CCNC(=NCC(C)c1ccccc1)NCCCNC(=O)c1ccccc1. The normalized spacial score (nSPS) is 12.3. The van der Waals surface area contributed by atoms with E-state index in [9.17, 15) is 4.79 Å². The quantitative estimate of drug-likeness (QED) is 0.363. The molecule has 0 aliphatic heterocycles. The van der Waals surface area contributed by atoms with Gasteiger partial charge in [0.25, 0.3) is 5.91 Å². The van der Waals surface area contributed by atoms with Gasteiger partial charge in [-0.3, -0.25) is 9.79 Å². The summed E-state index contributed by atoms with van der Waals surface area (Å²) in [4.78, 5) is 16.7. The Kier molecular flexibility index (Phi) is 8.90. The van der Waals surface area contributed by atoms with Gasteiger partial charge in [-0.25, -0.2) is 0 Å². The van der Waals surface area contributed by atoms with E-state index in [0.29, 0.717) is 18.0 Å². The molecule has 2 rings (SSSR count). The lowest BCUT2D eigenvalue weighted by atomic mass is 10.0. The number of rotatable bonds is 9. The van der Waals surface area contributed by atoms with Gasteiger partial charge in [0.05, 0.1) is 0 Å². The molecule has 0 aromatic heterocycles. The molecule has 0 aliphatic carbocycles. The minimum atomic E-state index is -0.0344. The molecule has 0 bridgehead atoms. The summed E-state index contributed by atoms with van der Waals surface area (Å²) in [6.45, 7) is 7.15. The van der Waals surface area contributed by atoms with E-state index in [1.165, 1.54) is 5.56 Å². The number of aliphatic imine (C=N–C) groups is 1. The first-order valence-corrected chi connectivity index (χ1v) is 9.61. The van der Waals surface area contributed by atoms with E-state index < -0.39 is 0 Å². The zero-order chi connectivity index (χ0) is 19.3. The highest BCUT2D eigenvalue weighted by atomic mass is 16.1. The van der Waals surface area contributed by atoms with Crippen LogP contribution in [0.25, 0.3) is 0 Å². The van der Waals surface area contributed by atoms with Crippen LogP contribution in [0.1, 0.15) is 42.1 Å². The van der Waals surface area contributed by atoms with Gasteiger partial charge in [-0.2, -0.15) is 0 Å². The molecule has 0 radical (unpaired) electrons. The van der Waals surface area contributed by atoms with Crippen LogP contribution in [-0.4, -0.2) is 38.0 Å². The monoisotopic (exact) mass is 366 g/mol. The Bertz CT molecular complexity index is 701. The number of hydrogen-bond acceptors (Lipinski definition) is 2. The van der Waals surface area contributed by atoms with Gasteiger partial charge in [0.15, 0.2) is 5.96 Å². The molecule has 0 fully saturated rings. The summed E-state index contributed by atoms with van der Waals surface area (Å²) in [5, 5.41) is 9.53. The summed E-state index contributed by atoms with van der Waals surface area (Å²) < 4.78 is 0. The maximum Gasteiger partial charge on any atom is 0.251 e. The molecular weight excluding hydrogens is 336 g/mol. The second-order valence-corrected chi connectivity index (χ2v) is 6.43. The molecule has 0 aliphatic rings. The fourth-order valence-electron chi connectivity index (χ4n) is 2.65. The first-order valence-electron chi connectivity index (χ1n) is 9.61. The molecule has 2 aromatic rings. The summed E-state index contributed by atoms with van der Waals surface area (Å²) >= 11 is 0. The van der Waals surface area contributed by atoms with Crippen molar-refractivity contribution in [3.05, 3.63) is 71.8 Å². The van der Waals surface area contributed by atoms with Gasteiger partial charge in [-0.05, 0) is 31.0 Å². The lowest BCUT2D eigenvalue weighted by Gasteiger charge is -2.14. The third-order valence-electron chi connectivity index (χ3n) is 4.20. The summed E-state index contributed by atoms with van der Waals surface area (Å²) in [6.07, 6.45) is 0.831. The number of hydrogen-bond donors (Lipinski definition) is 3. The van der Waals surface area contributed by atoms with E-state index in [-0.39, 0.29) is 5.91 Å². The average Bonchev–Trinajstić information content (AvgIpc) is 2.72. The second-order valence-electron chi connectivity index (χ2n) is 6.43.